The highest BCUT2D eigenvalue weighted by molar-refractivity contribution is 5.87. The van der Waals surface area contributed by atoms with Crippen LogP contribution in [-0.4, -0.2) is 63.4 Å². The summed E-state index contributed by atoms with van der Waals surface area (Å²) in [6, 6.07) is 0. The highest BCUT2D eigenvalue weighted by atomic mass is 16.5. The maximum Gasteiger partial charge on any atom is 0.246 e. The maximum atomic E-state index is 10.9. The van der Waals surface area contributed by atoms with E-state index in [1.54, 1.807) is 4.90 Å². The molecule has 0 aromatic rings. The Labute approximate surface area is 96.4 Å². The van der Waals surface area contributed by atoms with Crippen LogP contribution < -0.4 is 5.32 Å². The number of rotatable bonds is 1. The van der Waals surface area contributed by atoms with Crippen LogP contribution in [0.25, 0.3) is 0 Å². The first-order valence-electron chi connectivity index (χ1n) is 5.62. The minimum absolute atomic E-state index is 0.00306. The standard InChI is InChI=1S/C7H11NO2.C4H9NO/c1-2-7(9)8-3-5-10-6-4-8;1-3-6-4-2-5-1/h2H,1,3-6H2;5H,1-4H2. The summed E-state index contributed by atoms with van der Waals surface area (Å²) in [5.41, 5.74) is 0. The van der Waals surface area contributed by atoms with Crippen LogP contribution in [0.1, 0.15) is 0 Å². The molecule has 0 aromatic heterocycles. The number of nitrogens with one attached hydrogen (secondary N) is 1. The largest absolute Gasteiger partial charge is 0.379 e. The highest BCUT2D eigenvalue weighted by Crippen LogP contribution is 1.96. The van der Waals surface area contributed by atoms with Crippen molar-refractivity contribution in [2.24, 2.45) is 0 Å². The molecule has 2 aliphatic rings. The third-order valence-electron chi connectivity index (χ3n) is 2.34. The lowest BCUT2D eigenvalue weighted by Crippen LogP contribution is -2.39. The van der Waals surface area contributed by atoms with Gasteiger partial charge < -0.3 is 19.7 Å². The average molecular weight is 228 g/mol. The number of carbonyl (C=O) groups excluding carboxylic acids is 1. The van der Waals surface area contributed by atoms with Crippen molar-refractivity contribution in [3.05, 3.63) is 12.7 Å². The lowest BCUT2D eigenvalue weighted by Gasteiger charge is -2.25. The summed E-state index contributed by atoms with van der Waals surface area (Å²) in [7, 11) is 0. The van der Waals surface area contributed by atoms with E-state index in [4.69, 9.17) is 9.47 Å². The van der Waals surface area contributed by atoms with Gasteiger partial charge in [0.25, 0.3) is 0 Å². The Balaban J connectivity index is 0.000000181. The fraction of sp³-hybridized carbons (Fsp3) is 0.727. The molecule has 16 heavy (non-hydrogen) atoms. The molecule has 0 bridgehead atoms. The quantitative estimate of drug-likeness (QED) is 0.623. The summed E-state index contributed by atoms with van der Waals surface area (Å²) >= 11 is 0. The Morgan fingerprint density at radius 2 is 1.69 bits per heavy atom. The van der Waals surface area contributed by atoms with Gasteiger partial charge in [-0.15, -0.1) is 0 Å². The van der Waals surface area contributed by atoms with Crippen molar-refractivity contribution >= 4 is 5.91 Å². The van der Waals surface area contributed by atoms with Gasteiger partial charge in [0.1, 0.15) is 0 Å². The summed E-state index contributed by atoms with van der Waals surface area (Å²) < 4.78 is 10.1. The molecule has 2 heterocycles. The van der Waals surface area contributed by atoms with Gasteiger partial charge in [-0.2, -0.15) is 0 Å². The molecule has 92 valence electrons. The Kier molecular flexibility index (Phi) is 6.80. The van der Waals surface area contributed by atoms with Gasteiger partial charge in [0.2, 0.25) is 5.91 Å². The Hall–Kier alpha value is -0.910. The summed E-state index contributed by atoms with van der Waals surface area (Å²) in [4.78, 5) is 12.7. The van der Waals surface area contributed by atoms with E-state index in [2.05, 4.69) is 11.9 Å². The lowest BCUT2D eigenvalue weighted by atomic mass is 10.4. The van der Waals surface area contributed by atoms with E-state index in [-0.39, 0.29) is 5.91 Å². The molecule has 2 fully saturated rings. The number of nitrogens with zero attached hydrogens (tertiary/aromatic N) is 1. The molecular weight excluding hydrogens is 208 g/mol. The number of hydrogen-bond acceptors (Lipinski definition) is 4. The topological polar surface area (TPSA) is 50.8 Å². The minimum atomic E-state index is 0.00306. The van der Waals surface area contributed by atoms with Gasteiger partial charge in [-0.1, -0.05) is 6.58 Å². The van der Waals surface area contributed by atoms with Crippen molar-refractivity contribution in [2.45, 2.75) is 0 Å². The van der Waals surface area contributed by atoms with Crippen LogP contribution in [0.3, 0.4) is 0 Å². The number of amides is 1. The molecule has 1 amide bonds. The van der Waals surface area contributed by atoms with Gasteiger partial charge in [0.05, 0.1) is 26.4 Å². The van der Waals surface area contributed by atoms with Gasteiger partial charge in [0.15, 0.2) is 0 Å². The van der Waals surface area contributed by atoms with Crippen molar-refractivity contribution in [3.8, 4) is 0 Å². The van der Waals surface area contributed by atoms with Crippen LogP contribution in [0.15, 0.2) is 12.7 Å². The summed E-state index contributed by atoms with van der Waals surface area (Å²) in [6.07, 6.45) is 1.34. The number of hydrogen-bond donors (Lipinski definition) is 1. The number of carbonyl (C=O) groups is 1. The summed E-state index contributed by atoms with van der Waals surface area (Å²) in [5, 5.41) is 3.16. The molecule has 0 spiro atoms. The highest BCUT2D eigenvalue weighted by Gasteiger charge is 2.12. The fourth-order valence-corrected chi connectivity index (χ4v) is 1.43. The molecule has 2 saturated heterocycles. The van der Waals surface area contributed by atoms with Crippen molar-refractivity contribution in [2.75, 3.05) is 52.6 Å². The monoisotopic (exact) mass is 228 g/mol. The first kappa shape index (κ1) is 13.2. The zero-order chi connectivity index (χ0) is 11.6. The zero-order valence-corrected chi connectivity index (χ0v) is 9.61. The minimum Gasteiger partial charge on any atom is -0.379 e. The van der Waals surface area contributed by atoms with Crippen LogP contribution in [0, 0.1) is 0 Å². The molecule has 2 aliphatic heterocycles. The smallest absolute Gasteiger partial charge is 0.246 e. The van der Waals surface area contributed by atoms with Crippen molar-refractivity contribution in [3.63, 3.8) is 0 Å². The molecule has 0 radical (unpaired) electrons. The number of morpholine rings is 2. The maximum absolute atomic E-state index is 10.9. The lowest BCUT2D eigenvalue weighted by molar-refractivity contribution is -0.129. The first-order valence-corrected chi connectivity index (χ1v) is 5.62. The molecule has 1 N–H and O–H groups in total. The second-order valence-electron chi connectivity index (χ2n) is 3.50. The Morgan fingerprint density at radius 1 is 1.12 bits per heavy atom. The zero-order valence-electron chi connectivity index (χ0n) is 9.61. The van der Waals surface area contributed by atoms with Gasteiger partial charge in [-0.25, -0.2) is 0 Å². The normalized spacial score (nSPS) is 20.6. The Bertz CT molecular complexity index is 200. The van der Waals surface area contributed by atoms with Gasteiger partial charge in [-0.05, 0) is 6.08 Å². The molecule has 5 heteroatoms. The first-order chi connectivity index (χ1) is 7.84. The van der Waals surface area contributed by atoms with Crippen LogP contribution >= 0.6 is 0 Å². The molecule has 5 nitrogen and oxygen atoms in total. The van der Waals surface area contributed by atoms with E-state index in [1.165, 1.54) is 6.08 Å². The summed E-state index contributed by atoms with van der Waals surface area (Å²) in [6.45, 7) is 9.94. The second kappa shape index (κ2) is 8.27. The molecule has 2 rings (SSSR count). The van der Waals surface area contributed by atoms with Crippen LogP contribution in [0.5, 0.6) is 0 Å². The third-order valence-corrected chi connectivity index (χ3v) is 2.34. The fourth-order valence-electron chi connectivity index (χ4n) is 1.43. The SMILES string of the molecule is C1COCCN1.C=CC(=O)N1CCOCC1. The van der Waals surface area contributed by atoms with E-state index < -0.39 is 0 Å². The van der Waals surface area contributed by atoms with E-state index >= 15 is 0 Å². The van der Waals surface area contributed by atoms with Gasteiger partial charge in [-0.3, -0.25) is 4.79 Å². The predicted octanol–water partition coefficient (Wildman–Crippen LogP) is -0.363. The average Bonchev–Trinajstić information content (AvgIpc) is 2.41. The van der Waals surface area contributed by atoms with E-state index in [0.29, 0.717) is 26.3 Å². The Morgan fingerprint density at radius 3 is 2.06 bits per heavy atom. The van der Waals surface area contributed by atoms with Gasteiger partial charge in [0, 0.05) is 26.2 Å². The molecule has 0 aliphatic carbocycles. The van der Waals surface area contributed by atoms with Gasteiger partial charge >= 0.3 is 0 Å². The molecular formula is C11H20N2O3. The molecule has 0 unspecified atom stereocenters. The number of ether oxygens (including phenoxy) is 2. The summed E-state index contributed by atoms with van der Waals surface area (Å²) in [5.74, 6) is 0.00306. The molecule has 0 saturated carbocycles. The third kappa shape index (κ3) is 5.25. The van der Waals surface area contributed by atoms with Crippen LogP contribution in [0.4, 0.5) is 0 Å². The van der Waals surface area contributed by atoms with E-state index in [1.807, 2.05) is 0 Å². The van der Waals surface area contributed by atoms with E-state index in [0.717, 1.165) is 26.3 Å². The van der Waals surface area contributed by atoms with Crippen molar-refractivity contribution < 1.29 is 14.3 Å². The second-order valence-corrected chi connectivity index (χ2v) is 3.50. The van der Waals surface area contributed by atoms with E-state index in [9.17, 15) is 4.79 Å². The van der Waals surface area contributed by atoms with Crippen LogP contribution in [0.2, 0.25) is 0 Å². The van der Waals surface area contributed by atoms with Crippen LogP contribution in [-0.2, 0) is 14.3 Å². The van der Waals surface area contributed by atoms with Crippen molar-refractivity contribution in [1.29, 1.82) is 0 Å². The molecule has 0 atom stereocenters. The molecule has 0 aromatic carbocycles. The predicted molar refractivity (Wildman–Crippen MR) is 61.3 cm³/mol. The van der Waals surface area contributed by atoms with Crippen molar-refractivity contribution in [1.82, 2.24) is 10.2 Å².